The van der Waals surface area contributed by atoms with Gasteiger partial charge in [0.2, 0.25) is 0 Å². The first kappa shape index (κ1) is 18.6. The van der Waals surface area contributed by atoms with Gasteiger partial charge in [-0.2, -0.15) is 0 Å². The van der Waals surface area contributed by atoms with Crippen LogP contribution in [-0.2, 0) is 10.0 Å². The highest BCUT2D eigenvalue weighted by Crippen LogP contribution is 2.31. The first-order valence-electron chi connectivity index (χ1n) is 7.63. The Hall–Kier alpha value is -2.74. The van der Waals surface area contributed by atoms with Crippen molar-refractivity contribution in [3.05, 3.63) is 48.0 Å². The van der Waals surface area contributed by atoms with Gasteiger partial charge in [-0.3, -0.25) is 4.72 Å². The lowest BCUT2D eigenvalue weighted by molar-refractivity contribution is 0.0698. The summed E-state index contributed by atoms with van der Waals surface area (Å²) in [7, 11) is -4.08. The topological polar surface area (TPSA) is 102 Å². The van der Waals surface area contributed by atoms with Crippen molar-refractivity contribution in [3.63, 3.8) is 0 Å². The molecule has 134 valence electrons. The first-order valence-corrected chi connectivity index (χ1v) is 9.12. The zero-order chi connectivity index (χ0) is 18.4. The summed E-state index contributed by atoms with van der Waals surface area (Å²) in [4.78, 5) is 11.1. The number of carboxylic acid groups (broad SMARTS) is 1. The van der Waals surface area contributed by atoms with Crippen molar-refractivity contribution in [3.8, 4) is 11.5 Å². The molecule has 2 aromatic carbocycles. The van der Waals surface area contributed by atoms with E-state index in [0.29, 0.717) is 12.4 Å². The van der Waals surface area contributed by atoms with Crippen LogP contribution in [0.15, 0.2) is 47.4 Å². The molecule has 0 heterocycles. The molecule has 0 unspecified atom stereocenters. The number of rotatable bonds is 8. The van der Waals surface area contributed by atoms with Crippen LogP contribution in [0, 0.1) is 0 Å². The normalized spacial score (nSPS) is 11.0. The minimum absolute atomic E-state index is 0.0285. The van der Waals surface area contributed by atoms with Gasteiger partial charge in [0, 0.05) is 6.07 Å². The van der Waals surface area contributed by atoms with Gasteiger partial charge in [-0.15, -0.1) is 0 Å². The Bertz CT molecular complexity index is 863. The van der Waals surface area contributed by atoms with E-state index < -0.39 is 16.0 Å². The molecule has 0 saturated heterocycles. The Morgan fingerprint density at radius 2 is 1.76 bits per heavy atom. The van der Waals surface area contributed by atoms with Gasteiger partial charge >= 0.3 is 5.97 Å². The number of hydrogen-bond donors (Lipinski definition) is 2. The van der Waals surface area contributed by atoms with E-state index in [2.05, 4.69) is 4.72 Å². The van der Waals surface area contributed by atoms with Crippen molar-refractivity contribution < 1.29 is 27.8 Å². The molecule has 0 aromatic heterocycles. The lowest BCUT2D eigenvalue weighted by atomic mass is 10.2. The Labute approximate surface area is 146 Å². The van der Waals surface area contributed by atoms with E-state index in [0.717, 1.165) is 0 Å². The molecular weight excluding hydrogens is 346 g/mol. The zero-order valence-electron chi connectivity index (χ0n) is 13.9. The standard InChI is InChI=1S/C17H19NO6S/c1-3-23-12-9-10-15(24-4-2)16(11-12)25(21,22)18-14-8-6-5-7-13(14)17(19)20/h5-11,18H,3-4H2,1-2H3,(H,19,20). The third-order valence-electron chi connectivity index (χ3n) is 3.22. The third-order valence-corrected chi connectivity index (χ3v) is 4.60. The predicted octanol–water partition coefficient (Wildman–Crippen LogP) is 2.98. The summed E-state index contributed by atoms with van der Waals surface area (Å²) in [6.45, 7) is 4.18. The lowest BCUT2D eigenvalue weighted by Gasteiger charge is -2.15. The molecule has 7 nitrogen and oxygen atoms in total. The van der Waals surface area contributed by atoms with E-state index in [4.69, 9.17) is 9.47 Å². The molecule has 25 heavy (non-hydrogen) atoms. The molecule has 0 radical (unpaired) electrons. The van der Waals surface area contributed by atoms with Crippen LogP contribution in [0.1, 0.15) is 24.2 Å². The summed E-state index contributed by atoms with van der Waals surface area (Å²) in [5, 5.41) is 9.21. The lowest BCUT2D eigenvalue weighted by Crippen LogP contribution is -2.17. The maximum atomic E-state index is 12.8. The molecule has 0 spiro atoms. The van der Waals surface area contributed by atoms with Crippen LogP contribution in [-0.4, -0.2) is 32.7 Å². The highest BCUT2D eigenvalue weighted by Gasteiger charge is 2.23. The molecule has 0 saturated carbocycles. The summed E-state index contributed by atoms with van der Waals surface area (Å²) in [6, 6.07) is 10.2. The van der Waals surface area contributed by atoms with E-state index in [-0.39, 0.29) is 28.5 Å². The summed E-state index contributed by atoms with van der Waals surface area (Å²) in [6.07, 6.45) is 0. The van der Waals surface area contributed by atoms with Gasteiger partial charge in [0.1, 0.15) is 16.4 Å². The molecule has 2 N–H and O–H groups in total. The van der Waals surface area contributed by atoms with Crippen molar-refractivity contribution in [2.75, 3.05) is 17.9 Å². The molecule has 0 amide bonds. The number of aromatic carboxylic acids is 1. The number of benzene rings is 2. The molecule has 2 aromatic rings. The Kier molecular flexibility index (Phi) is 5.87. The second-order valence-corrected chi connectivity index (χ2v) is 6.58. The van der Waals surface area contributed by atoms with E-state index >= 15 is 0 Å². The quantitative estimate of drug-likeness (QED) is 0.746. The number of anilines is 1. The summed E-state index contributed by atoms with van der Waals surface area (Å²) < 4.78 is 38.6. The van der Waals surface area contributed by atoms with Crippen LogP contribution >= 0.6 is 0 Å². The zero-order valence-corrected chi connectivity index (χ0v) is 14.7. The van der Waals surface area contributed by atoms with E-state index in [1.54, 1.807) is 26.0 Å². The van der Waals surface area contributed by atoms with Crippen LogP contribution in [0.5, 0.6) is 11.5 Å². The predicted molar refractivity (Wildman–Crippen MR) is 93.0 cm³/mol. The van der Waals surface area contributed by atoms with Crippen LogP contribution in [0.2, 0.25) is 0 Å². The van der Waals surface area contributed by atoms with Gasteiger partial charge < -0.3 is 14.6 Å². The number of para-hydroxylation sites is 1. The largest absolute Gasteiger partial charge is 0.494 e. The Balaban J connectivity index is 2.48. The van der Waals surface area contributed by atoms with Crippen LogP contribution in [0.4, 0.5) is 5.69 Å². The van der Waals surface area contributed by atoms with E-state index in [1.165, 1.54) is 30.3 Å². The van der Waals surface area contributed by atoms with Gasteiger partial charge in [-0.25, -0.2) is 13.2 Å². The summed E-state index contributed by atoms with van der Waals surface area (Å²) in [5.74, 6) is -0.699. The van der Waals surface area contributed by atoms with Crippen LogP contribution in [0.25, 0.3) is 0 Å². The fraction of sp³-hybridized carbons (Fsp3) is 0.235. The molecular formula is C17H19NO6S. The van der Waals surface area contributed by atoms with Crippen LogP contribution < -0.4 is 14.2 Å². The highest BCUT2D eigenvalue weighted by molar-refractivity contribution is 7.92. The third kappa shape index (κ3) is 4.42. The van der Waals surface area contributed by atoms with Gasteiger partial charge in [0.15, 0.2) is 0 Å². The molecule has 0 aliphatic heterocycles. The Morgan fingerprint density at radius 1 is 1.08 bits per heavy atom. The molecule has 0 bridgehead atoms. The Morgan fingerprint density at radius 3 is 2.40 bits per heavy atom. The maximum Gasteiger partial charge on any atom is 0.337 e. The van der Waals surface area contributed by atoms with Crippen molar-refractivity contribution >= 4 is 21.7 Å². The fourth-order valence-corrected chi connectivity index (χ4v) is 3.43. The number of carbonyl (C=O) groups is 1. The van der Waals surface area contributed by atoms with Gasteiger partial charge in [-0.1, -0.05) is 12.1 Å². The summed E-state index contributed by atoms with van der Waals surface area (Å²) in [5.41, 5.74) is -0.177. The van der Waals surface area contributed by atoms with Gasteiger partial charge in [0.05, 0.1) is 24.5 Å². The van der Waals surface area contributed by atoms with E-state index in [9.17, 15) is 18.3 Å². The van der Waals surface area contributed by atoms with Gasteiger partial charge in [-0.05, 0) is 38.1 Å². The average Bonchev–Trinajstić information content (AvgIpc) is 2.56. The first-order chi connectivity index (χ1) is 11.9. The van der Waals surface area contributed by atoms with Crippen LogP contribution in [0.3, 0.4) is 0 Å². The number of carboxylic acids is 1. The molecule has 0 aliphatic carbocycles. The minimum Gasteiger partial charge on any atom is -0.494 e. The molecule has 8 heteroatoms. The minimum atomic E-state index is -4.08. The van der Waals surface area contributed by atoms with E-state index in [1.807, 2.05) is 0 Å². The van der Waals surface area contributed by atoms with Crippen molar-refractivity contribution in [1.82, 2.24) is 0 Å². The summed E-state index contributed by atoms with van der Waals surface area (Å²) >= 11 is 0. The number of hydrogen-bond acceptors (Lipinski definition) is 5. The second kappa shape index (κ2) is 7.89. The average molecular weight is 365 g/mol. The molecule has 2 rings (SSSR count). The van der Waals surface area contributed by atoms with Crippen molar-refractivity contribution in [2.45, 2.75) is 18.7 Å². The number of nitrogens with one attached hydrogen (secondary N) is 1. The highest BCUT2D eigenvalue weighted by atomic mass is 32.2. The number of ether oxygens (including phenoxy) is 2. The smallest absolute Gasteiger partial charge is 0.337 e. The maximum absolute atomic E-state index is 12.8. The number of sulfonamides is 1. The molecule has 0 aliphatic rings. The monoisotopic (exact) mass is 365 g/mol. The SMILES string of the molecule is CCOc1ccc(OCC)c(S(=O)(=O)Nc2ccccc2C(=O)O)c1. The van der Waals surface area contributed by atoms with Crippen molar-refractivity contribution in [1.29, 1.82) is 0 Å². The van der Waals surface area contributed by atoms with Gasteiger partial charge in [0.25, 0.3) is 10.0 Å². The molecule has 0 fully saturated rings. The second-order valence-electron chi connectivity index (χ2n) is 4.93. The fourth-order valence-electron chi connectivity index (χ4n) is 2.19. The van der Waals surface area contributed by atoms with Crippen molar-refractivity contribution in [2.24, 2.45) is 0 Å². The molecule has 0 atom stereocenters.